The lowest BCUT2D eigenvalue weighted by molar-refractivity contribution is -0.145. The van der Waals surface area contributed by atoms with Crippen molar-refractivity contribution in [2.45, 2.75) is 71.1 Å². The largest absolute Gasteiger partial charge is 0.508 e. The molecule has 4 rings (SSSR count). The van der Waals surface area contributed by atoms with Gasteiger partial charge in [0.2, 0.25) is 11.8 Å². The van der Waals surface area contributed by atoms with E-state index in [-0.39, 0.29) is 42.6 Å². The summed E-state index contributed by atoms with van der Waals surface area (Å²) < 4.78 is 0. The summed E-state index contributed by atoms with van der Waals surface area (Å²) in [5.41, 5.74) is 10.1. The summed E-state index contributed by atoms with van der Waals surface area (Å²) in [6, 6.07) is 12.0. The fourth-order valence-corrected chi connectivity index (χ4v) is 4.76. The molecule has 1 aliphatic carbocycles. The molecule has 0 spiro atoms. The van der Waals surface area contributed by atoms with Crippen molar-refractivity contribution >= 4 is 24.2 Å². The Morgan fingerprint density at radius 2 is 1.85 bits per heavy atom. The van der Waals surface area contributed by atoms with Gasteiger partial charge in [-0.2, -0.15) is 0 Å². The Labute approximate surface area is 202 Å². The van der Waals surface area contributed by atoms with Crippen molar-refractivity contribution < 1.29 is 14.7 Å². The minimum Gasteiger partial charge on any atom is -0.508 e. The molecule has 0 fully saturated rings. The maximum atomic E-state index is 13.5. The third-order valence-corrected chi connectivity index (χ3v) is 6.79. The molecule has 7 heteroatoms. The Kier molecular flexibility index (Phi) is 7.39. The molecule has 2 aliphatic rings. The number of aromatic hydroxyl groups is 1. The van der Waals surface area contributed by atoms with Crippen molar-refractivity contribution in [1.82, 2.24) is 10.2 Å². The number of amides is 2. The number of nitrogens with two attached hydrogens (primary N) is 1. The van der Waals surface area contributed by atoms with E-state index in [1.807, 2.05) is 39.0 Å². The lowest BCUT2D eigenvalue weighted by Crippen LogP contribution is -2.59. The van der Waals surface area contributed by atoms with Crippen molar-refractivity contribution in [3.05, 3.63) is 64.7 Å². The number of phenols is 1. The monoisotopic (exact) mass is 471 g/mol. The zero-order valence-electron chi connectivity index (χ0n) is 19.5. The fourth-order valence-electron chi connectivity index (χ4n) is 4.76. The fraction of sp³-hybridized carbons (Fsp3) is 0.462. The van der Waals surface area contributed by atoms with Gasteiger partial charge >= 0.3 is 0 Å². The Hall–Kier alpha value is -2.57. The van der Waals surface area contributed by atoms with Crippen LogP contribution in [0.5, 0.6) is 5.75 Å². The molecule has 2 aromatic rings. The van der Waals surface area contributed by atoms with Crippen LogP contribution in [0.15, 0.2) is 42.5 Å². The van der Waals surface area contributed by atoms with Gasteiger partial charge in [-0.1, -0.05) is 51.1 Å². The Bertz CT molecular complexity index is 1030. The van der Waals surface area contributed by atoms with Crippen molar-refractivity contribution in [3.63, 3.8) is 0 Å². The maximum Gasteiger partial charge on any atom is 0.243 e. The lowest BCUT2D eigenvalue weighted by atomic mass is 9.84. The van der Waals surface area contributed by atoms with Crippen molar-refractivity contribution in [2.24, 2.45) is 11.1 Å². The molecule has 0 aromatic heterocycles. The van der Waals surface area contributed by atoms with Crippen LogP contribution in [0.4, 0.5) is 0 Å². The van der Waals surface area contributed by atoms with Crippen LogP contribution >= 0.6 is 12.4 Å². The number of halogens is 1. The molecule has 33 heavy (non-hydrogen) atoms. The summed E-state index contributed by atoms with van der Waals surface area (Å²) in [6.07, 6.45) is 3.33. The summed E-state index contributed by atoms with van der Waals surface area (Å²) in [5, 5.41) is 13.2. The first-order valence-electron chi connectivity index (χ1n) is 11.4. The molecule has 178 valence electrons. The van der Waals surface area contributed by atoms with Crippen LogP contribution in [0.3, 0.4) is 0 Å². The number of phenolic OH excluding ortho intramolecular Hbond substituents is 1. The zero-order valence-corrected chi connectivity index (χ0v) is 20.3. The standard InChI is InChI=1S/C26H33N3O3.ClH/c1-26(2,3)23(27)25(32)29-15-18-13-19(30)12-11-17(18)14-22(29)24(31)28-21-10-6-8-16-7-4-5-9-20(16)21;/h4-5,7,9,11-13,21-23,30H,6,8,10,14-15,27H2,1-3H3,(H,28,31);1H/t21-,22-,23-;/m1./s1. The van der Waals surface area contributed by atoms with Gasteiger partial charge in [-0.15, -0.1) is 12.4 Å². The normalized spacial score (nSPS) is 20.7. The molecular formula is C26H34ClN3O3. The molecule has 2 aromatic carbocycles. The molecule has 6 nitrogen and oxygen atoms in total. The number of nitrogens with one attached hydrogen (secondary N) is 1. The topological polar surface area (TPSA) is 95.7 Å². The smallest absolute Gasteiger partial charge is 0.243 e. The minimum absolute atomic E-state index is 0. The van der Waals surface area contributed by atoms with Gasteiger partial charge in [0.15, 0.2) is 0 Å². The third-order valence-electron chi connectivity index (χ3n) is 6.79. The van der Waals surface area contributed by atoms with Crippen LogP contribution < -0.4 is 11.1 Å². The van der Waals surface area contributed by atoms with Crippen molar-refractivity contribution in [3.8, 4) is 5.75 Å². The van der Waals surface area contributed by atoms with Crippen LogP contribution in [-0.4, -0.2) is 33.9 Å². The second kappa shape index (κ2) is 9.74. The van der Waals surface area contributed by atoms with E-state index in [0.29, 0.717) is 6.42 Å². The molecule has 0 unspecified atom stereocenters. The van der Waals surface area contributed by atoms with E-state index in [1.54, 1.807) is 17.0 Å². The van der Waals surface area contributed by atoms with Crippen LogP contribution in [0, 0.1) is 5.41 Å². The van der Waals surface area contributed by atoms with E-state index in [9.17, 15) is 14.7 Å². The molecule has 3 atom stereocenters. The highest BCUT2D eigenvalue weighted by Crippen LogP contribution is 2.32. The number of benzene rings is 2. The van der Waals surface area contributed by atoms with Gasteiger partial charge in [-0.05, 0) is 59.1 Å². The molecule has 1 aliphatic heterocycles. The highest BCUT2D eigenvalue weighted by Gasteiger charge is 2.40. The van der Waals surface area contributed by atoms with Crippen LogP contribution in [0.1, 0.15) is 61.9 Å². The second-order valence-electron chi connectivity index (χ2n) is 10.1. The van der Waals surface area contributed by atoms with E-state index in [2.05, 4.69) is 17.4 Å². The van der Waals surface area contributed by atoms with E-state index in [0.717, 1.165) is 36.0 Å². The van der Waals surface area contributed by atoms with Crippen LogP contribution in [-0.2, 0) is 29.0 Å². The number of carbonyl (C=O) groups is 2. The number of nitrogens with zero attached hydrogens (tertiary/aromatic N) is 1. The lowest BCUT2D eigenvalue weighted by Gasteiger charge is -2.40. The van der Waals surface area contributed by atoms with Gasteiger partial charge in [0, 0.05) is 13.0 Å². The number of rotatable bonds is 3. The minimum atomic E-state index is -0.730. The first-order chi connectivity index (χ1) is 15.1. The van der Waals surface area contributed by atoms with Crippen LogP contribution in [0.2, 0.25) is 0 Å². The van der Waals surface area contributed by atoms with Crippen molar-refractivity contribution in [1.29, 1.82) is 0 Å². The maximum absolute atomic E-state index is 13.5. The molecule has 0 saturated carbocycles. The molecule has 4 N–H and O–H groups in total. The van der Waals surface area contributed by atoms with E-state index in [1.165, 1.54) is 5.56 Å². The number of aryl methyl sites for hydroxylation is 1. The number of fused-ring (bicyclic) bond motifs is 2. The highest BCUT2D eigenvalue weighted by atomic mass is 35.5. The summed E-state index contributed by atoms with van der Waals surface area (Å²) in [5.74, 6) is -0.242. The average Bonchev–Trinajstić information content (AvgIpc) is 2.76. The quantitative estimate of drug-likeness (QED) is 0.636. The predicted octanol–water partition coefficient (Wildman–Crippen LogP) is 3.63. The third kappa shape index (κ3) is 5.17. The van der Waals surface area contributed by atoms with Gasteiger partial charge in [0.25, 0.3) is 0 Å². The van der Waals surface area contributed by atoms with Crippen molar-refractivity contribution in [2.75, 3.05) is 0 Å². The zero-order chi connectivity index (χ0) is 23.0. The SMILES string of the molecule is CC(C)(C)[C@H](N)C(=O)N1Cc2cc(O)ccc2C[C@@H]1C(=O)N[C@@H]1CCCc2ccccc21.Cl. The summed E-state index contributed by atoms with van der Waals surface area (Å²) >= 11 is 0. The molecule has 2 amide bonds. The summed E-state index contributed by atoms with van der Waals surface area (Å²) in [7, 11) is 0. The van der Waals surface area contributed by atoms with Gasteiger partial charge in [-0.25, -0.2) is 0 Å². The Morgan fingerprint density at radius 1 is 1.12 bits per heavy atom. The summed E-state index contributed by atoms with van der Waals surface area (Å²) in [4.78, 5) is 28.5. The molecule has 0 radical (unpaired) electrons. The van der Waals surface area contributed by atoms with E-state index < -0.39 is 17.5 Å². The number of hydrogen-bond donors (Lipinski definition) is 3. The molecule has 1 heterocycles. The first-order valence-corrected chi connectivity index (χ1v) is 11.4. The van der Waals surface area contributed by atoms with Gasteiger partial charge in [0.05, 0.1) is 12.1 Å². The van der Waals surface area contributed by atoms with E-state index in [4.69, 9.17) is 5.73 Å². The number of hydrogen-bond acceptors (Lipinski definition) is 4. The molecule has 0 saturated heterocycles. The molecule has 0 bridgehead atoms. The Balaban J connectivity index is 0.00000306. The number of carbonyl (C=O) groups excluding carboxylic acids is 2. The van der Waals surface area contributed by atoms with E-state index >= 15 is 0 Å². The average molecular weight is 472 g/mol. The Morgan fingerprint density at radius 3 is 2.58 bits per heavy atom. The van der Waals surface area contributed by atoms with Crippen LogP contribution in [0.25, 0.3) is 0 Å². The second-order valence-corrected chi connectivity index (χ2v) is 10.1. The van der Waals surface area contributed by atoms with Gasteiger partial charge < -0.3 is 21.1 Å². The first kappa shape index (κ1) is 25.1. The summed E-state index contributed by atoms with van der Waals surface area (Å²) in [6.45, 7) is 6.03. The van der Waals surface area contributed by atoms with Gasteiger partial charge in [-0.3, -0.25) is 9.59 Å². The van der Waals surface area contributed by atoms with Gasteiger partial charge in [0.1, 0.15) is 11.8 Å². The predicted molar refractivity (Wildman–Crippen MR) is 131 cm³/mol. The highest BCUT2D eigenvalue weighted by molar-refractivity contribution is 5.91. The molecular weight excluding hydrogens is 438 g/mol.